The SMILES string of the molecule is CB1CCc2ccc(SCC(C)=O)cc21.CB1CCc2ccc(SCN)cc21.CB1CCc2ccc(SCO)cc21.CB1CCc2cccc(SCC(C)=O)c21.CB1CCc2cccc(SCN)c21.CB1CCc2cccc(SCO)c21. The summed E-state index contributed by atoms with van der Waals surface area (Å²) in [5, 5.41) is 17.7. The molecule has 6 aliphatic rings. The molecule has 6 aliphatic heterocycles. The summed E-state index contributed by atoms with van der Waals surface area (Å²) in [5.74, 6) is 3.40. The average molecular weight is 1200 g/mol. The first-order chi connectivity index (χ1) is 39.6. The van der Waals surface area contributed by atoms with Crippen molar-refractivity contribution in [2.75, 3.05) is 35.1 Å². The molecule has 6 N–H and O–H groups in total. The van der Waals surface area contributed by atoms with E-state index < -0.39 is 0 Å². The van der Waals surface area contributed by atoms with Crippen molar-refractivity contribution in [1.29, 1.82) is 0 Å². The van der Waals surface area contributed by atoms with E-state index in [4.69, 9.17) is 21.7 Å². The second-order valence-corrected chi connectivity index (χ2v) is 29.1. The smallest absolute Gasteiger partial charge is 0.174 e. The Hall–Kier alpha value is -3.01. The maximum Gasteiger partial charge on any atom is 0.174 e. The first-order valence-corrected chi connectivity index (χ1v) is 35.6. The van der Waals surface area contributed by atoms with Gasteiger partial charge in [-0.15, -0.1) is 47.0 Å². The fraction of sp³-hybridized carbons (Fsp3) is 0.406. The summed E-state index contributed by atoms with van der Waals surface area (Å²) >= 11 is 9.86. The van der Waals surface area contributed by atoms with Gasteiger partial charge in [0.2, 0.25) is 0 Å². The molecule has 428 valence electrons. The third kappa shape index (κ3) is 18.7. The zero-order chi connectivity index (χ0) is 58.7. The Morgan fingerprint density at radius 1 is 0.390 bits per heavy atom. The molecule has 6 aromatic rings. The normalized spacial score (nSPS) is 14.5. The Bertz CT molecular complexity index is 2960. The molecule has 0 bridgehead atoms. The minimum atomic E-state index is 0.174. The van der Waals surface area contributed by atoms with Crippen molar-refractivity contribution in [3.8, 4) is 0 Å². The quantitative estimate of drug-likeness (QED) is 0.0471. The molecule has 82 heavy (non-hydrogen) atoms. The van der Waals surface area contributed by atoms with Crippen LogP contribution in [0.25, 0.3) is 0 Å². The van der Waals surface area contributed by atoms with Crippen molar-refractivity contribution in [2.45, 2.75) is 161 Å². The van der Waals surface area contributed by atoms with Crippen molar-refractivity contribution in [3.05, 3.63) is 143 Å². The van der Waals surface area contributed by atoms with Crippen molar-refractivity contribution < 1.29 is 19.8 Å². The number of aliphatic hydroxyl groups excluding tert-OH is 2. The van der Waals surface area contributed by atoms with E-state index in [0.29, 0.717) is 50.1 Å². The van der Waals surface area contributed by atoms with Crippen LogP contribution < -0.4 is 44.2 Å². The van der Waals surface area contributed by atoms with Crippen LogP contribution in [0.2, 0.25) is 78.9 Å². The summed E-state index contributed by atoms with van der Waals surface area (Å²) in [6.45, 7) is 21.2. The van der Waals surface area contributed by atoms with Crippen molar-refractivity contribution in [3.63, 3.8) is 0 Å². The van der Waals surface area contributed by atoms with E-state index in [1.165, 1.54) is 185 Å². The lowest BCUT2D eigenvalue weighted by atomic mass is 9.48. The van der Waals surface area contributed by atoms with Gasteiger partial charge in [0.1, 0.15) is 11.6 Å². The standard InChI is InChI=1S/2C12H15BOS.2C10H14BNS.2C10H13BOS/c1-9(14)8-15-11-4-3-10-5-6-13(2)12(10)7-11;1-9(14)8-15-11-5-3-4-10-6-7-13(2)12(10)11;1-11-5-4-8-2-3-9(13-7-12)6-10(8)11;1-11-6-5-8-3-2-4-9(10(8)11)13-7-12;1-11-5-4-8-2-3-9(13-7-12)6-10(8)11;1-11-6-5-8-3-2-4-9(10(8)11)13-7-12/h3-4,7H,5-6,8H2,1-2H3;3-5H,6-8H2,1-2H3;2-3,6H,4-5,7,12H2,1H3;2-4H,5-7,12H2,1H3;2-3,6,12H,4-5,7H2,1H3;2-4,12H,5-7H2,1H3. The number of hydrogen-bond donors (Lipinski definition) is 4. The molecular weight excluding hydrogens is 1120 g/mol. The van der Waals surface area contributed by atoms with Crippen LogP contribution in [0.15, 0.2) is 139 Å². The summed E-state index contributed by atoms with van der Waals surface area (Å²) in [7, 11) is 0. The Morgan fingerprint density at radius 3 is 1.07 bits per heavy atom. The first kappa shape index (κ1) is 66.5. The number of ketones is 2. The Kier molecular flexibility index (Phi) is 27.4. The van der Waals surface area contributed by atoms with E-state index in [1.807, 2.05) is 0 Å². The number of nitrogens with two attached hydrogens (primary N) is 2. The number of carbonyl (C=O) groups excluding carboxylic acids is 2. The summed E-state index contributed by atoms with van der Waals surface area (Å²) < 4.78 is 0. The number of thioether (sulfide) groups is 6. The molecule has 0 unspecified atom stereocenters. The molecule has 0 saturated heterocycles. The van der Waals surface area contributed by atoms with Gasteiger partial charge in [0.25, 0.3) is 0 Å². The van der Waals surface area contributed by atoms with E-state index >= 15 is 0 Å². The molecule has 6 nitrogen and oxygen atoms in total. The van der Waals surface area contributed by atoms with Gasteiger partial charge in [-0.2, -0.15) is 0 Å². The number of carbonyl (C=O) groups is 2. The van der Waals surface area contributed by atoms with E-state index in [0.717, 1.165) is 13.4 Å². The molecule has 0 amide bonds. The molecule has 6 heterocycles. The maximum atomic E-state index is 11.0. The highest BCUT2D eigenvalue weighted by atomic mass is 32.2. The van der Waals surface area contributed by atoms with Crippen molar-refractivity contribution >= 4 is 155 Å². The van der Waals surface area contributed by atoms with Gasteiger partial charge in [0.05, 0.1) is 23.4 Å². The van der Waals surface area contributed by atoms with Crippen LogP contribution in [-0.4, -0.2) is 97.2 Å². The molecule has 0 spiro atoms. The molecule has 12 rings (SSSR count). The second kappa shape index (κ2) is 33.8. The third-order valence-corrected chi connectivity index (χ3v) is 22.2. The molecule has 0 atom stereocenters. The van der Waals surface area contributed by atoms with Gasteiger partial charge in [-0.3, -0.25) is 9.59 Å². The molecule has 6 aromatic carbocycles. The van der Waals surface area contributed by atoms with Gasteiger partial charge in [0.15, 0.2) is 40.3 Å². The lowest BCUT2D eigenvalue weighted by molar-refractivity contribution is -0.115. The molecular formula is C64H84B6N2O4S6. The first-order valence-electron chi connectivity index (χ1n) is 29.7. The van der Waals surface area contributed by atoms with Crippen LogP contribution >= 0.6 is 70.6 Å². The van der Waals surface area contributed by atoms with Gasteiger partial charge in [0, 0.05) is 41.1 Å². The predicted octanol–water partition coefficient (Wildman–Crippen LogP) is 10.9. The number of Topliss-reactive ketones (excluding diaryl/α,β-unsaturated/α-hetero) is 2. The number of benzene rings is 6. The minimum absolute atomic E-state index is 0.174. The monoisotopic (exact) mass is 1200 g/mol. The second-order valence-electron chi connectivity index (χ2n) is 22.9. The topological polar surface area (TPSA) is 127 Å². The number of hydrogen-bond acceptors (Lipinski definition) is 12. The molecule has 0 radical (unpaired) electrons. The highest BCUT2D eigenvalue weighted by molar-refractivity contribution is 8.00. The zero-order valence-corrected chi connectivity index (χ0v) is 54.8. The number of aliphatic hydroxyl groups is 2. The predicted molar refractivity (Wildman–Crippen MR) is 376 cm³/mol. The number of rotatable bonds is 14. The molecule has 0 saturated carbocycles. The highest BCUT2D eigenvalue weighted by Gasteiger charge is 2.28. The lowest BCUT2D eigenvalue weighted by Gasteiger charge is -2.09. The van der Waals surface area contributed by atoms with Crippen LogP contribution in [0.3, 0.4) is 0 Å². The van der Waals surface area contributed by atoms with Gasteiger partial charge in [-0.05, 0) is 88.8 Å². The Morgan fingerprint density at radius 2 is 0.707 bits per heavy atom. The highest BCUT2D eigenvalue weighted by Crippen LogP contribution is 2.28. The fourth-order valence-corrected chi connectivity index (χ4v) is 16.9. The van der Waals surface area contributed by atoms with E-state index in [9.17, 15) is 9.59 Å². The van der Waals surface area contributed by atoms with Gasteiger partial charge in [-0.25, -0.2) is 0 Å². The molecule has 0 aromatic heterocycles. The number of aryl methyl sites for hydroxylation is 6. The van der Waals surface area contributed by atoms with Crippen molar-refractivity contribution in [2.24, 2.45) is 11.5 Å². The van der Waals surface area contributed by atoms with Crippen LogP contribution in [0.4, 0.5) is 0 Å². The fourth-order valence-electron chi connectivity index (χ4n) is 12.4. The summed E-state index contributed by atoms with van der Waals surface area (Å²) in [4.78, 5) is 29.6. The average Bonchev–Trinajstić information content (AvgIpc) is 4.49. The van der Waals surface area contributed by atoms with E-state index in [-0.39, 0.29) is 23.4 Å². The van der Waals surface area contributed by atoms with E-state index in [1.54, 1.807) is 71.8 Å². The third-order valence-electron chi connectivity index (χ3n) is 16.8. The van der Waals surface area contributed by atoms with Crippen LogP contribution in [0.1, 0.15) is 47.2 Å². The maximum absolute atomic E-state index is 11.0. The Labute approximate surface area is 520 Å². The van der Waals surface area contributed by atoms with Gasteiger partial charge < -0.3 is 21.7 Å². The Balaban J connectivity index is 0.000000142. The minimum Gasteiger partial charge on any atom is -0.385 e. The summed E-state index contributed by atoms with van der Waals surface area (Å²) in [6.07, 6.45) is 15.0. The van der Waals surface area contributed by atoms with Crippen LogP contribution in [0.5, 0.6) is 0 Å². The van der Waals surface area contributed by atoms with E-state index in [2.05, 4.69) is 150 Å². The molecule has 0 aliphatic carbocycles. The summed E-state index contributed by atoms with van der Waals surface area (Å²) in [6, 6.07) is 39.4. The molecule has 18 heteroatoms. The van der Waals surface area contributed by atoms with Crippen molar-refractivity contribution in [1.82, 2.24) is 0 Å². The molecule has 0 fully saturated rings. The number of fused-ring (bicyclic) bond motifs is 6. The van der Waals surface area contributed by atoms with Crippen LogP contribution in [0, 0.1) is 0 Å². The van der Waals surface area contributed by atoms with Gasteiger partial charge in [-0.1, -0.05) is 241 Å². The van der Waals surface area contributed by atoms with Gasteiger partial charge >= 0.3 is 0 Å². The van der Waals surface area contributed by atoms with Crippen LogP contribution in [-0.2, 0) is 48.1 Å². The lowest BCUT2D eigenvalue weighted by Crippen LogP contribution is -2.24. The largest absolute Gasteiger partial charge is 0.385 e. The zero-order valence-electron chi connectivity index (χ0n) is 49.9. The summed E-state index contributed by atoms with van der Waals surface area (Å²) in [5.41, 5.74) is 29.1.